The summed E-state index contributed by atoms with van der Waals surface area (Å²) in [7, 11) is 1.36. The van der Waals surface area contributed by atoms with Crippen LogP contribution in [-0.2, 0) is 4.74 Å². The van der Waals surface area contributed by atoms with Crippen LogP contribution in [0.1, 0.15) is 10.4 Å². The van der Waals surface area contributed by atoms with Crippen molar-refractivity contribution in [1.29, 1.82) is 0 Å². The van der Waals surface area contributed by atoms with Crippen LogP contribution in [0.4, 0.5) is 17.1 Å². The first-order chi connectivity index (χ1) is 12.2. The van der Waals surface area contributed by atoms with Gasteiger partial charge in [0.25, 0.3) is 0 Å². The minimum atomic E-state index is -0.428. The minimum absolute atomic E-state index is 0.405. The van der Waals surface area contributed by atoms with Crippen molar-refractivity contribution in [2.75, 3.05) is 18.2 Å². The van der Waals surface area contributed by atoms with E-state index in [1.54, 1.807) is 30.0 Å². The van der Waals surface area contributed by atoms with Crippen LogP contribution in [0.15, 0.2) is 82.6 Å². The van der Waals surface area contributed by atoms with Crippen molar-refractivity contribution in [2.24, 2.45) is 0 Å². The van der Waals surface area contributed by atoms with Gasteiger partial charge in [0.05, 0.1) is 24.0 Å². The van der Waals surface area contributed by atoms with Gasteiger partial charge >= 0.3 is 5.97 Å². The molecule has 0 aliphatic heterocycles. The monoisotopic (exact) mass is 350 g/mol. The van der Waals surface area contributed by atoms with Crippen LogP contribution in [0.3, 0.4) is 0 Å². The molecule has 0 amide bonds. The third-order valence-electron chi connectivity index (χ3n) is 3.58. The van der Waals surface area contributed by atoms with Gasteiger partial charge in [0.1, 0.15) is 0 Å². The molecule has 3 aromatic rings. The van der Waals surface area contributed by atoms with E-state index < -0.39 is 5.97 Å². The number of nitrogens with two attached hydrogens (primary N) is 1. The third-order valence-corrected chi connectivity index (χ3v) is 4.66. The van der Waals surface area contributed by atoms with Gasteiger partial charge in [-0.25, -0.2) is 4.79 Å². The van der Waals surface area contributed by atoms with Crippen LogP contribution in [0.5, 0.6) is 0 Å². The third kappa shape index (κ3) is 4.14. The molecule has 5 heteroatoms. The number of hydrogen-bond acceptors (Lipinski definition) is 5. The van der Waals surface area contributed by atoms with E-state index >= 15 is 0 Å². The van der Waals surface area contributed by atoms with Crippen molar-refractivity contribution < 1.29 is 9.53 Å². The average Bonchev–Trinajstić information content (AvgIpc) is 2.65. The van der Waals surface area contributed by atoms with Crippen molar-refractivity contribution in [1.82, 2.24) is 0 Å². The number of hydrogen-bond donors (Lipinski definition) is 2. The number of anilines is 3. The van der Waals surface area contributed by atoms with E-state index in [4.69, 9.17) is 10.5 Å². The zero-order valence-corrected chi connectivity index (χ0v) is 14.5. The zero-order valence-electron chi connectivity index (χ0n) is 13.7. The minimum Gasteiger partial charge on any atom is -0.465 e. The molecule has 0 saturated carbocycles. The highest BCUT2D eigenvalue weighted by molar-refractivity contribution is 7.99. The van der Waals surface area contributed by atoms with Crippen LogP contribution < -0.4 is 11.1 Å². The quantitative estimate of drug-likeness (QED) is 0.503. The first kappa shape index (κ1) is 16.9. The Balaban J connectivity index is 1.93. The number of carbonyl (C=O) groups is 1. The number of nitrogen functional groups attached to an aromatic ring is 1. The van der Waals surface area contributed by atoms with E-state index in [1.165, 1.54) is 7.11 Å². The van der Waals surface area contributed by atoms with E-state index in [-0.39, 0.29) is 0 Å². The molecular formula is C20H18N2O2S. The van der Waals surface area contributed by atoms with E-state index in [0.717, 1.165) is 15.5 Å². The topological polar surface area (TPSA) is 64.3 Å². The summed E-state index contributed by atoms with van der Waals surface area (Å²) in [6.07, 6.45) is 0. The van der Waals surface area contributed by atoms with E-state index in [2.05, 4.69) is 17.4 Å². The molecule has 0 radical (unpaired) electrons. The molecule has 3 N–H and O–H groups in total. The fourth-order valence-electron chi connectivity index (χ4n) is 2.37. The summed E-state index contributed by atoms with van der Waals surface area (Å²) in [6, 6.07) is 23.2. The summed E-state index contributed by atoms with van der Waals surface area (Å²) >= 11 is 1.65. The molecule has 0 saturated heterocycles. The van der Waals surface area contributed by atoms with Crippen LogP contribution in [0, 0.1) is 0 Å². The van der Waals surface area contributed by atoms with Crippen LogP contribution in [0.25, 0.3) is 0 Å². The lowest BCUT2D eigenvalue weighted by Crippen LogP contribution is -2.07. The second-order valence-electron chi connectivity index (χ2n) is 5.33. The normalized spacial score (nSPS) is 10.3. The molecule has 0 spiro atoms. The zero-order chi connectivity index (χ0) is 17.6. The van der Waals surface area contributed by atoms with Crippen molar-refractivity contribution in [3.05, 3.63) is 78.4 Å². The molecule has 3 aromatic carbocycles. The molecule has 0 aliphatic carbocycles. The molecule has 4 nitrogen and oxygen atoms in total. The van der Waals surface area contributed by atoms with Crippen molar-refractivity contribution >= 4 is 34.8 Å². The lowest BCUT2D eigenvalue weighted by atomic mass is 10.1. The number of para-hydroxylation sites is 1. The van der Waals surface area contributed by atoms with Gasteiger partial charge in [0.2, 0.25) is 0 Å². The highest BCUT2D eigenvalue weighted by Gasteiger charge is 2.14. The molecule has 3 rings (SSSR count). The lowest BCUT2D eigenvalue weighted by Gasteiger charge is -2.14. The van der Waals surface area contributed by atoms with Gasteiger partial charge in [0, 0.05) is 15.5 Å². The van der Waals surface area contributed by atoms with Crippen LogP contribution in [0.2, 0.25) is 0 Å². The Morgan fingerprint density at radius 3 is 2.44 bits per heavy atom. The predicted molar refractivity (Wildman–Crippen MR) is 102 cm³/mol. The fraction of sp³-hybridized carbons (Fsp3) is 0.0500. The van der Waals surface area contributed by atoms with Gasteiger partial charge in [-0.3, -0.25) is 0 Å². The number of rotatable bonds is 5. The molecule has 0 aliphatic rings. The highest BCUT2D eigenvalue weighted by Crippen LogP contribution is 2.35. The number of benzene rings is 3. The van der Waals surface area contributed by atoms with Crippen molar-refractivity contribution in [3.8, 4) is 0 Å². The Morgan fingerprint density at radius 2 is 1.68 bits per heavy atom. The summed E-state index contributed by atoms with van der Waals surface area (Å²) in [5.41, 5.74) is 8.29. The molecule has 0 heterocycles. The second-order valence-corrected chi connectivity index (χ2v) is 6.45. The first-order valence-corrected chi connectivity index (χ1v) is 8.56. The van der Waals surface area contributed by atoms with Crippen molar-refractivity contribution in [2.45, 2.75) is 9.79 Å². The molecule has 126 valence electrons. The van der Waals surface area contributed by atoms with Gasteiger partial charge < -0.3 is 15.8 Å². The predicted octanol–water partition coefficient (Wildman–Crippen LogP) is 4.95. The molecule has 25 heavy (non-hydrogen) atoms. The fourth-order valence-corrected chi connectivity index (χ4v) is 3.29. The van der Waals surface area contributed by atoms with E-state index in [1.807, 2.05) is 42.5 Å². The largest absolute Gasteiger partial charge is 0.465 e. The van der Waals surface area contributed by atoms with Crippen molar-refractivity contribution in [3.63, 3.8) is 0 Å². The standard InChI is InChI=1S/C20H18N2O2S/c1-24-20(23)16-13-14(21)11-12-17(16)22-18-9-5-6-10-19(18)25-15-7-3-2-4-8-15/h2-13,22H,21H2,1H3. The number of nitrogens with one attached hydrogen (secondary N) is 1. The molecule has 0 aromatic heterocycles. The van der Waals surface area contributed by atoms with Gasteiger partial charge in [-0.15, -0.1) is 0 Å². The first-order valence-electron chi connectivity index (χ1n) is 7.74. The van der Waals surface area contributed by atoms with Crippen LogP contribution >= 0.6 is 11.8 Å². The lowest BCUT2D eigenvalue weighted by molar-refractivity contribution is 0.0602. The number of ether oxygens (including phenoxy) is 1. The van der Waals surface area contributed by atoms with Crippen LogP contribution in [-0.4, -0.2) is 13.1 Å². The Hall–Kier alpha value is -2.92. The van der Waals surface area contributed by atoms with Gasteiger partial charge in [-0.05, 0) is 42.5 Å². The highest BCUT2D eigenvalue weighted by atomic mass is 32.2. The Kier molecular flexibility index (Phi) is 5.26. The number of methoxy groups -OCH3 is 1. The second kappa shape index (κ2) is 7.77. The SMILES string of the molecule is COC(=O)c1cc(N)ccc1Nc1ccccc1Sc1ccccc1. The summed E-state index contributed by atoms with van der Waals surface area (Å²) in [5, 5.41) is 3.33. The summed E-state index contributed by atoms with van der Waals surface area (Å²) in [5.74, 6) is -0.428. The summed E-state index contributed by atoms with van der Waals surface area (Å²) in [4.78, 5) is 14.2. The summed E-state index contributed by atoms with van der Waals surface area (Å²) in [6.45, 7) is 0. The number of carbonyl (C=O) groups excluding carboxylic acids is 1. The van der Waals surface area contributed by atoms with Gasteiger partial charge in [0.15, 0.2) is 0 Å². The summed E-state index contributed by atoms with van der Waals surface area (Å²) < 4.78 is 4.86. The molecular weight excluding hydrogens is 332 g/mol. The Morgan fingerprint density at radius 1 is 0.960 bits per heavy atom. The maximum absolute atomic E-state index is 12.0. The molecule has 0 bridgehead atoms. The van der Waals surface area contributed by atoms with E-state index in [0.29, 0.717) is 16.9 Å². The van der Waals surface area contributed by atoms with E-state index in [9.17, 15) is 4.79 Å². The van der Waals surface area contributed by atoms with Gasteiger partial charge in [-0.2, -0.15) is 0 Å². The smallest absolute Gasteiger partial charge is 0.340 e. The maximum Gasteiger partial charge on any atom is 0.340 e. The van der Waals surface area contributed by atoms with Gasteiger partial charge in [-0.1, -0.05) is 42.1 Å². The Bertz CT molecular complexity index is 882. The maximum atomic E-state index is 12.0. The molecule has 0 unspecified atom stereocenters. The molecule has 0 fully saturated rings. The molecule has 0 atom stereocenters. The number of esters is 1. The Labute approximate surface area is 151 Å². The average molecular weight is 350 g/mol.